The second-order valence-electron chi connectivity index (χ2n) is 26.0. The van der Waals surface area contributed by atoms with E-state index in [0.717, 1.165) is 24.2 Å². The number of nitrogens with zero attached hydrogens (tertiary/aromatic N) is 3. The fourth-order valence-corrected chi connectivity index (χ4v) is 14.5. The lowest BCUT2D eigenvalue weighted by atomic mass is 9.81. The van der Waals surface area contributed by atoms with Crippen LogP contribution in [0.5, 0.6) is 5.75 Å². The molecule has 1 aromatic heterocycles. The van der Waals surface area contributed by atoms with Gasteiger partial charge in [-0.1, -0.05) is 33.6 Å². The minimum atomic E-state index is -2.49. The molecule has 1 unspecified atom stereocenters. The van der Waals surface area contributed by atoms with Crippen LogP contribution in [0.2, 0.25) is 0 Å². The van der Waals surface area contributed by atoms with Crippen LogP contribution in [0.25, 0.3) is 10.9 Å². The average Bonchev–Trinajstić information content (AvgIpc) is 1.60. The number of likely N-dealkylation sites (tertiary alicyclic amines) is 1. The highest BCUT2D eigenvalue weighted by Crippen LogP contribution is 2.36. The molecule has 32 nitrogen and oxygen atoms in total. The Balaban J connectivity index is 1.000. The molecule has 2 saturated heterocycles. The Morgan fingerprint density at radius 2 is 1.45 bits per heavy atom. The third kappa shape index (κ3) is 18.8. The lowest BCUT2D eigenvalue weighted by molar-refractivity contribution is -0.144. The number of primary amides is 1. The summed E-state index contributed by atoms with van der Waals surface area (Å²) in [6.45, 7) is 4.00. The third-order valence-electron chi connectivity index (χ3n) is 19.0. The summed E-state index contributed by atoms with van der Waals surface area (Å²) in [6.07, 6.45) is 3.71. The van der Waals surface area contributed by atoms with Crippen molar-refractivity contribution in [3.63, 3.8) is 0 Å². The number of unbranched alkanes of at least 4 members (excludes halogenated alkanes) is 2. The molecule has 8 rings (SSSR count). The van der Waals surface area contributed by atoms with Crippen LogP contribution in [0.3, 0.4) is 0 Å². The summed E-state index contributed by atoms with van der Waals surface area (Å²) in [5.74, 6) is -13.0. The predicted molar refractivity (Wildman–Crippen MR) is 341 cm³/mol. The van der Waals surface area contributed by atoms with Crippen molar-refractivity contribution in [3.8, 4) is 5.75 Å². The minimum absolute atomic E-state index is 0.0142. The number of aliphatic hydroxyl groups excluding tert-OH is 3. The van der Waals surface area contributed by atoms with Crippen LogP contribution in [0.1, 0.15) is 109 Å². The molecular weight excluding hydrogens is 1270 g/mol. The van der Waals surface area contributed by atoms with Crippen LogP contribution in [-0.4, -0.2) is 234 Å². The quantitative estimate of drug-likeness (QED) is 0.0413. The van der Waals surface area contributed by atoms with Gasteiger partial charge in [0.1, 0.15) is 47.0 Å². The molecule has 0 spiro atoms. The molecule has 1 aromatic carbocycles. The topological polar surface area (TPSA) is 480 Å². The van der Waals surface area contributed by atoms with E-state index in [1.165, 1.54) is 36.1 Å². The van der Waals surface area contributed by atoms with E-state index in [1.54, 1.807) is 13.8 Å². The van der Waals surface area contributed by atoms with Crippen molar-refractivity contribution in [2.24, 2.45) is 35.3 Å². The van der Waals surface area contributed by atoms with Gasteiger partial charge in [-0.05, 0) is 80.4 Å². The number of carbonyl (C=O) groups excluding carboxylic acids is 13. The first-order valence-electron chi connectivity index (χ1n) is 32.9. The number of aliphatic hydroxyl groups is 3. The summed E-state index contributed by atoms with van der Waals surface area (Å²) < 4.78 is 15.3. The summed E-state index contributed by atoms with van der Waals surface area (Å²) in [4.78, 5) is 184. The Kier molecular flexibility index (Phi) is 25.6. The number of imide groups is 1. The van der Waals surface area contributed by atoms with Gasteiger partial charge in [0.15, 0.2) is 0 Å². The van der Waals surface area contributed by atoms with Crippen molar-refractivity contribution in [3.05, 3.63) is 35.4 Å². The van der Waals surface area contributed by atoms with Gasteiger partial charge in [-0.2, -0.15) is 0 Å². The van der Waals surface area contributed by atoms with Crippen molar-refractivity contribution in [1.82, 2.24) is 67.5 Å². The highest BCUT2D eigenvalue weighted by atomic mass is 32.2. The molecule has 33 heteroatoms. The number of H-pyrrole nitrogens is 1. The summed E-state index contributed by atoms with van der Waals surface area (Å²) in [6, 6.07) is -7.48. The van der Waals surface area contributed by atoms with Gasteiger partial charge in [0.05, 0.1) is 60.4 Å². The summed E-state index contributed by atoms with van der Waals surface area (Å²) in [5.41, 5.74) is 6.13. The Morgan fingerprint density at radius 1 is 0.760 bits per heavy atom. The van der Waals surface area contributed by atoms with Gasteiger partial charge in [0, 0.05) is 100 Å². The maximum Gasteiger partial charge on any atom is 0.253 e. The number of phenols is 1. The number of fused-ring (bicyclic) bond motifs is 5. The van der Waals surface area contributed by atoms with E-state index in [-0.39, 0.29) is 80.7 Å². The molecule has 11 atom stereocenters. The zero-order chi connectivity index (χ0) is 69.7. The zero-order valence-corrected chi connectivity index (χ0v) is 54.9. The van der Waals surface area contributed by atoms with Crippen LogP contribution in [0.4, 0.5) is 0 Å². The normalized spacial score (nSPS) is 27.2. The first-order valence-corrected chi connectivity index (χ1v) is 34.2. The van der Waals surface area contributed by atoms with Gasteiger partial charge in [0.25, 0.3) is 11.8 Å². The molecule has 2 aromatic rings. The molecule has 0 radical (unpaired) electrons. The number of aromatic nitrogens is 1. The summed E-state index contributed by atoms with van der Waals surface area (Å²) >= 11 is 0. The predicted octanol–water partition coefficient (Wildman–Crippen LogP) is -4.57. The van der Waals surface area contributed by atoms with Gasteiger partial charge in [0.2, 0.25) is 65.0 Å². The first kappa shape index (κ1) is 73.4. The summed E-state index contributed by atoms with van der Waals surface area (Å²) in [7, 11) is -2.49. The van der Waals surface area contributed by atoms with E-state index in [0.29, 0.717) is 77.7 Å². The van der Waals surface area contributed by atoms with Crippen LogP contribution < -0.4 is 53.6 Å². The molecule has 6 heterocycles. The number of hydrogen-bond acceptors (Lipinski definition) is 19. The maximum absolute atomic E-state index is 15.3. The lowest BCUT2D eigenvalue weighted by Crippen LogP contribution is -2.62. The van der Waals surface area contributed by atoms with Gasteiger partial charge in [-0.25, -0.2) is 0 Å². The van der Waals surface area contributed by atoms with Crippen molar-refractivity contribution in [2.75, 3.05) is 64.7 Å². The number of aromatic hydroxyl groups is 1. The van der Waals surface area contributed by atoms with E-state index in [1.807, 2.05) is 4.90 Å². The second kappa shape index (κ2) is 33.5. The molecular formula is C63H90N14O18S. The molecule has 526 valence electrons. The standard InChI is InChI=1S/C63H90N14O18S/c1-4-32(2)53-60(92)68-23-49(84)69-43-31-96(95)62-39(21-41(57(89)67-24-50(85)72-53)70-61(93)54(33(3)46(81)30-78)73-59(91)44-20-37(79)28-76(44)63(94)42(22-47(64)82)71-58(43)90)38-13-14-45(80)40(55(38)74-62)29-75-25-35(26-75)17-19-65-48(83)8-6-5-7-18-66-56(88)36-11-9-34(10-12-36)27-77-51(86)15-16-52(77)87/h13-16,32-37,41-44,46,53-54,74,78-81H,4-12,17-31H2,1-3H3,(H2,64,82)(H,65,83)(H,66,88)(H,67,89)(H,68,92)(H,69,84)(H,70,93)(H,71,90)(H,72,85)(H,73,91)/t32-,33+,34?,36?,37+,41+,42-,43+,44-,46+,53-,54-,96?/m0/s1. The number of amides is 13. The lowest BCUT2D eigenvalue weighted by Gasteiger charge is -2.39. The molecule has 1 saturated carbocycles. The van der Waals surface area contributed by atoms with Crippen LogP contribution >= 0.6 is 0 Å². The first-order chi connectivity index (χ1) is 45.7. The van der Waals surface area contributed by atoms with Gasteiger partial charge in [-0.3, -0.25) is 76.3 Å². The SMILES string of the molecule is CC[C@H](C)[C@@H]1NC(=O)CNC(=O)[C@H]2Cc3c([nH]c4c(CN5CC(CCNC(=O)CCCCCNC(=O)C6CCC(CN7C(=O)C=CC7=O)CC6)C5)c(O)ccc34)S(=O)C[C@@H](NC(=O)CNC1=O)C(=O)N[C@@H](CC(N)=O)C(=O)N1C[C@H](O)C[C@H]1C(=O)N[C@@H]([C@H](C)[C@H](O)CO)C(=O)N2. The van der Waals surface area contributed by atoms with Crippen LogP contribution in [0.15, 0.2) is 29.3 Å². The maximum atomic E-state index is 15.3. The van der Waals surface area contributed by atoms with Crippen molar-refractivity contribution < 1.29 is 87.0 Å². The molecule has 16 N–H and O–H groups in total. The van der Waals surface area contributed by atoms with E-state index >= 15 is 4.21 Å². The fraction of sp³-hybridized carbons (Fsp3) is 0.635. The van der Waals surface area contributed by atoms with Gasteiger partial charge in [-0.15, -0.1) is 0 Å². The van der Waals surface area contributed by atoms with Crippen molar-refractivity contribution in [1.29, 1.82) is 0 Å². The number of carbonyl (C=O) groups is 13. The molecule has 6 aliphatic rings. The molecule has 3 fully saturated rings. The Bertz CT molecular complexity index is 3330. The Hall–Kier alpha value is -8.40. The number of benzene rings is 1. The highest BCUT2D eigenvalue weighted by molar-refractivity contribution is 7.85. The molecule has 13 amide bonds. The largest absolute Gasteiger partial charge is 0.508 e. The molecule has 96 heavy (non-hydrogen) atoms. The number of hydrogen-bond donors (Lipinski definition) is 15. The average molecular weight is 1360 g/mol. The summed E-state index contributed by atoms with van der Waals surface area (Å²) in [5, 5.41) is 67.0. The minimum Gasteiger partial charge on any atom is -0.508 e. The number of rotatable bonds is 21. The van der Waals surface area contributed by atoms with E-state index in [2.05, 4.69) is 52.8 Å². The Labute approximate surface area is 556 Å². The fourth-order valence-electron chi connectivity index (χ4n) is 13.1. The molecule has 2 bridgehead atoms. The smallest absolute Gasteiger partial charge is 0.253 e. The Morgan fingerprint density at radius 3 is 2.12 bits per heavy atom. The van der Waals surface area contributed by atoms with Crippen molar-refractivity contribution in [2.45, 2.75) is 164 Å². The van der Waals surface area contributed by atoms with E-state index in [4.69, 9.17) is 5.73 Å². The van der Waals surface area contributed by atoms with Crippen molar-refractivity contribution >= 4 is 98.5 Å². The number of nitrogens with one attached hydrogen (secondary N) is 10. The van der Waals surface area contributed by atoms with Crippen LogP contribution in [-0.2, 0) is 86.1 Å². The molecule has 1 aliphatic carbocycles. The monoisotopic (exact) mass is 1360 g/mol. The van der Waals surface area contributed by atoms with Crippen LogP contribution in [0, 0.1) is 29.6 Å². The molecule has 5 aliphatic heterocycles. The third-order valence-corrected chi connectivity index (χ3v) is 20.5. The zero-order valence-electron chi connectivity index (χ0n) is 54.1. The number of phenolic OH excluding ortho intramolecular Hbond substituents is 1. The number of aromatic amines is 1. The number of nitrogens with two attached hydrogens (primary N) is 1. The van der Waals surface area contributed by atoms with E-state index in [9.17, 15) is 82.8 Å². The highest BCUT2D eigenvalue weighted by Gasteiger charge is 2.46. The van der Waals surface area contributed by atoms with Gasteiger partial charge < -0.3 is 83.9 Å². The second-order valence-corrected chi connectivity index (χ2v) is 27.5. The van der Waals surface area contributed by atoms with E-state index < -0.39 is 176 Å². The van der Waals surface area contributed by atoms with Gasteiger partial charge >= 0.3 is 0 Å².